The van der Waals surface area contributed by atoms with Crippen molar-refractivity contribution in [1.29, 1.82) is 0 Å². The molecule has 2 heterocycles. The molecule has 5 heteroatoms. The Kier molecular flexibility index (Phi) is 3.21. The lowest BCUT2D eigenvalue weighted by atomic mass is 10.0. The van der Waals surface area contributed by atoms with Gasteiger partial charge in [-0.1, -0.05) is 0 Å². The van der Waals surface area contributed by atoms with Gasteiger partial charge in [-0.15, -0.1) is 0 Å². The predicted molar refractivity (Wildman–Crippen MR) is 73.8 cm³/mol. The van der Waals surface area contributed by atoms with E-state index in [-0.39, 0.29) is 0 Å². The zero-order valence-corrected chi connectivity index (χ0v) is 11.8. The summed E-state index contributed by atoms with van der Waals surface area (Å²) in [4.78, 5) is 9.12. The second kappa shape index (κ2) is 4.68. The van der Waals surface area contributed by atoms with Crippen molar-refractivity contribution in [3.63, 3.8) is 0 Å². The fourth-order valence-electron chi connectivity index (χ4n) is 2.25. The molecule has 0 aromatic carbocycles. The van der Waals surface area contributed by atoms with Crippen molar-refractivity contribution in [2.75, 3.05) is 18.9 Å². The minimum atomic E-state index is 0.571. The van der Waals surface area contributed by atoms with Crippen molar-refractivity contribution < 1.29 is 4.74 Å². The normalized spacial score (nSPS) is 24.2. The fraction of sp³-hybridized carbons (Fsp3) is 0.667. The summed E-state index contributed by atoms with van der Waals surface area (Å²) in [5.41, 5.74) is 7.14. The summed E-state index contributed by atoms with van der Waals surface area (Å²) >= 11 is 2.27. The van der Waals surface area contributed by atoms with Gasteiger partial charge in [-0.3, -0.25) is 0 Å². The third kappa shape index (κ3) is 2.54. The van der Waals surface area contributed by atoms with Crippen LogP contribution in [0.25, 0.3) is 0 Å². The average Bonchev–Trinajstić information content (AvgIpc) is 3.02. The van der Waals surface area contributed by atoms with Crippen LogP contribution in [0.15, 0.2) is 0 Å². The summed E-state index contributed by atoms with van der Waals surface area (Å²) in [6, 6.07) is 0. The van der Waals surface area contributed by atoms with Crippen molar-refractivity contribution in [3.8, 4) is 0 Å². The highest BCUT2D eigenvalue weighted by Crippen LogP contribution is 2.42. The highest BCUT2D eigenvalue weighted by atomic mass is 127. The third-order valence-electron chi connectivity index (χ3n) is 3.41. The molecule has 1 aliphatic carbocycles. The quantitative estimate of drug-likeness (QED) is 0.853. The number of nitrogen functional groups attached to an aromatic ring is 1. The molecular formula is C12H16IN3O. The fourth-order valence-corrected chi connectivity index (χ4v) is 2.94. The molecule has 4 nitrogen and oxygen atoms in total. The molecule has 92 valence electrons. The molecule has 2 fully saturated rings. The summed E-state index contributed by atoms with van der Waals surface area (Å²) in [6.07, 6.45) is 4.52. The summed E-state index contributed by atoms with van der Waals surface area (Å²) in [5, 5.41) is 0. The number of halogens is 1. The number of nitrogens with two attached hydrogens (primary N) is 1. The lowest BCUT2D eigenvalue weighted by molar-refractivity contribution is 0.185. The summed E-state index contributed by atoms with van der Waals surface area (Å²) < 4.78 is 6.44. The molecule has 1 aliphatic heterocycles. The predicted octanol–water partition coefficient (Wildman–Crippen LogP) is 2.12. The van der Waals surface area contributed by atoms with Crippen molar-refractivity contribution in [1.82, 2.24) is 9.97 Å². The highest BCUT2D eigenvalue weighted by Gasteiger charge is 2.29. The number of nitrogens with zero attached hydrogens (tertiary/aromatic N) is 2. The van der Waals surface area contributed by atoms with E-state index in [0.717, 1.165) is 35.4 Å². The first-order valence-electron chi connectivity index (χ1n) is 6.13. The summed E-state index contributed by atoms with van der Waals surface area (Å²) in [6.45, 7) is 1.72. The van der Waals surface area contributed by atoms with Crippen LogP contribution in [0.5, 0.6) is 0 Å². The van der Waals surface area contributed by atoms with E-state index in [2.05, 4.69) is 27.6 Å². The monoisotopic (exact) mass is 345 g/mol. The number of hydrogen-bond acceptors (Lipinski definition) is 4. The molecule has 0 bridgehead atoms. The standard InChI is InChI=1S/C12H16IN3O/c13-10-11(8-1-2-8)15-9(16-12(10)14)5-7-3-4-17-6-7/h7-8H,1-6H2,(H2,14,15,16). The van der Waals surface area contributed by atoms with E-state index in [0.29, 0.717) is 17.7 Å². The van der Waals surface area contributed by atoms with Crippen LogP contribution in [0.2, 0.25) is 0 Å². The van der Waals surface area contributed by atoms with Crippen molar-refractivity contribution in [3.05, 3.63) is 15.1 Å². The van der Waals surface area contributed by atoms with Gasteiger partial charge in [0.2, 0.25) is 0 Å². The van der Waals surface area contributed by atoms with Crippen LogP contribution in [0.3, 0.4) is 0 Å². The molecule has 1 saturated carbocycles. The number of ether oxygens (including phenoxy) is 1. The first kappa shape index (κ1) is 11.6. The topological polar surface area (TPSA) is 61.0 Å². The Balaban J connectivity index is 1.83. The SMILES string of the molecule is Nc1nc(CC2CCOC2)nc(C2CC2)c1I. The summed E-state index contributed by atoms with van der Waals surface area (Å²) in [5.74, 6) is 2.75. The Labute approximate surface area is 114 Å². The van der Waals surface area contributed by atoms with Gasteiger partial charge in [0.25, 0.3) is 0 Å². The highest BCUT2D eigenvalue weighted by molar-refractivity contribution is 14.1. The number of hydrogen-bond donors (Lipinski definition) is 1. The van der Waals surface area contributed by atoms with Gasteiger partial charge in [0.05, 0.1) is 9.26 Å². The van der Waals surface area contributed by atoms with E-state index in [9.17, 15) is 0 Å². The molecule has 3 rings (SSSR count). The van der Waals surface area contributed by atoms with Gasteiger partial charge in [-0.2, -0.15) is 0 Å². The van der Waals surface area contributed by atoms with Crippen molar-refractivity contribution >= 4 is 28.4 Å². The van der Waals surface area contributed by atoms with E-state index in [1.165, 1.54) is 18.5 Å². The van der Waals surface area contributed by atoms with Gasteiger partial charge in [0, 0.05) is 25.6 Å². The van der Waals surface area contributed by atoms with Gasteiger partial charge >= 0.3 is 0 Å². The number of aromatic nitrogens is 2. The van der Waals surface area contributed by atoms with E-state index in [1.807, 2.05) is 0 Å². The second-order valence-corrected chi connectivity index (χ2v) is 6.01. The van der Waals surface area contributed by atoms with Crippen LogP contribution in [-0.2, 0) is 11.2 Å². The number of anilines is 1. The third-order valence-corrected chi connectivity index (χ3v) is 4.51. The Morgan fingerprint density at radius 2 is 2.12 bits per heavy atom. The molecule has 2 N–H and O–H groups in total. The van der Waals surface area contributed by atoms with Crippen molar-refractivity contribution in [2.24, 2.45) is 5.92 Å². The second-order valence-electron chi connectivity index (χ2n) is 4.93. The first-order chi connectivity index (χ1) is 8.24. The van der Waals surface area contributed by atoms with Crippen LogP contribution in [0, 0.1) is 9.49 Å². The van der Waals surface area contributed by atoms with E-state index in [4.69, 9.17) is 15.5 Å². The van der Waals surface area contributed by atoms with Gasteiger partial charge < -0.3 is 10.5 Å². The van der Waals surface area contributed by atoms with Crippen molar-refractivity contribution in [2.45, 2.75) is 31.6 Å². The van der Waals surface area contributed by atoms with Gasteiger partial charge in [0.15, 0.2) is 0 Å². The molecule has 0 amide bonds. The van der Waals surface area contributed by atoms with E-state index in [1.54, 1.807) is 0 Å². The largest absolute Gasteiger partial charge is 0.383 e. The Bertz CT molecular complexity index is 428. The van der Waals surface area contributed by atoms with Gasteiger partial charge in [0.1, 0.15) is 11.6 Å². The molecule has 17 heavy (non-hydrogen) atoms. The molecule has 1 atom stereocenters. The average molecular weight is 345 g/mol. The summed E-state index contributed by atoms with van der Waals surface area (Å²) in [7, 11) is 0. The van der Waals surface area contributed by atoms with Crippen LogP contribution >= 0.6 is 22.6 Å². The zero-order valence-electron chi connectivity index (χ0n) is 9.66. The molecule has 2 aliphatic rings. The Hall–Kier alpha value is -0.430. The van der Waals surface area contributed by atoms with Gasteiger partial charge in [-0.05, 0) is 47.8 Å². The van der Waals surface area contributed by atoms with Crippen LogP contribution in [0.4, 0.5) is 5.82 Å². The van der Waals surface area contributed by atoms with Gasteiger partial charge in [-0.25, -0.2) is 9.97 Å². The molecule has 1 aromatic heterocycles. The Morgan fingerprint density at radius 3 is 2.76 bits per heavy atom. The molecule has 0 spiro atoms. The smallest absolute Gasteiger partial charge is 0.140 e. The molecule has 1 unspecified atom stereocenters. The molecule has 0 radical (unpaired) electrons. The zero-order chi connectivity index (χ0) is 11.8. The Morgan fingerprint density at radius 1 is 1.29 bits per heavy atom. The number of rotatable bonds is 3. The minimum Gasteiger partial charge on any atom is -0.383 e. The van der Waals surface area contributed by atoms with Crippen LogP contribution in [0.1, 0.15) is 36.7 Å². The molecule has 1 aromatic rings. The lowest BCUT2D eigenvalue weighted by Gasteiger charge is -2.10. The maximum atomic E-state index is 5.97. The molecular weight excluding hydrogens is 329 g/mol. The van der Waals surface area contributed by atoms with Crippen LogP contribution in [-0.4, -0.2) is 23.2 Å². The minimum absolute atomic E-state index is 0.571. The van der Waals surface area contributed by atoms with Crippen LogP contribution < -0.4 is 5.73 Å². The maximum absolute atomic E-state index is 5.97. The van der Waals surface area contributed by atoms with E-state index >= 15 is 0 Å². The first-order valence-corrected chi connectivity index (χ1v) is 7.21. The molecule has 1 saturated heterocycles. The lowest BCUT2D eigenvalue weighted by Crippen LogP contribution is -2.11. The van der Waals surface area contributed by atoms with E-state index < -0.39 is 0 Å². The maximum Gasteiger partial charge on any atom is 0.140 e.